The van der Waals surface area contributed by atoms with Crippen LogP contribution in [0.4, 0.5) is 5.82 Å². The minimum absolute atomic E-state index is 0.0616. The van der Waals surface area contributed by atoms with Gasteiger partial charge in [0, 0.05) is 25.1 Å². The molecular formula is C17H25N3O2. The van der Waals surface area contributed by atoms with Gasteiger partial charge in [0.15, 0.2) is 5.82 Å². The molecule has 0 spiro atoms. The maximum atomic E-state index is 6.05. The molecule has 1 aromatic heterocycles. The van der Waals surface area contributed by atoms with Gasteiger partial charge in [-0.3, -0.25) is 0 Å². The number of hydrogen-bond donors (Lipinski definition) is 0. The first-order valence-corrected chi connectivity index (χ1v) is 8.09. The zero-order valence-corrected chi connectivity index (χ0v) is 13.3. The van der Waals surface area contributed by atoms with Gasteiger partial charge >= 0.3 is 0 Å². The number of aromatic nitrogens is 2. The van der Waals surface area contributed by atoms with Crippen LogP contribution >= 0.6 is 0 Å². The molecule has 3 heterocycles. The number of aryl methyl sites for hydroxylation is 1. The molecule has 0 unspecified atom stereocenters. The van der Waals surface area contributed by atoms with Crippen molar-refractivity contribution >= 4 is 5.82 Å². The molecule has 0 radical (unpaired) electrons. The fourth-order valence-electron chi connectivity index (χ4n) is 3.60. The monoisotopic (exact) mass is 303 g/mol. The smallest absolute Gasteiger partial charge is 0.151 e. The third kappa shape index (κ3) is 3.15. The topological polar surface area (TPSA) is 47.5 Å². The van der Waals surface area contributed by atoms with Gasteiger partial charge in [0.25, 0.3) is 0 Å². The predicted molar refractivity (Wildman–Crippen MR) is 86.0 cm³/mol. The van der Waals surface area contributed by atoms with E-state index in [4.69, 9.17) is 9.47 Å². The lowest BCUT2D eigenvalue weighted by molar-refractivity contribution is -0.123. The summed E-state index contributed by atoms with van der Waals surface area (Å²) in [6, 6.07) is 4.08. The van der Waals surface area contributed by atoms with Crippen LogP contribution < -0.4 is 4.90 Å². The third-order valence-electron chi connectivity index (χ3n) is 4.72. The van der Waals surface area contributed by atoms with E-state index in [0.29, 0.717) is 12.7 Å². The minimum atomic E-state index is 0.0616. The second kappa shape index (κ2) is 6.75. The molecule has 0 saturated carbocycles. The van der Waals surface area contributed by atoms with Gasteiger partial charge in [-0.1, -0.05) is 6.08 Å². The SMILES string of the molecule is C=CCOC[C@@]12CCCO[C@H]1CCN(c1ccc(C)nn1)C2. The van der Waals surface area contributed by atoms with Gasteiger partial charge in [-0.2, -0.15) is 5.10 Å². The van der Waals surface area contributed by atoms with Gasteiger partial charge in [0.1, 0.15) is 0 Å². The van der Waals surface area contributed by atoms with Gasteiger partial charge in [0.2, 0.25) is 0 Å². The molecule has 0 amide bonds. The maximum absolute atomic E-state index is 6.05. The fraction of sp³-hybridized carbons (Fsp3) is 0.647. The highest BCUT2D eigenvalue weighted by atomic mass is 16.5. The summed E-state index contributed by atoms with van der Waals surface area (Å²) in [4.78, 5) is 2.33. The second-order valence-corrected chi connectivity index (χ2v) is 6.37. The quantitative estimate of drug-likeness (QED) is 0.617. The fourth-order valence-corrected chi connectivity index (χ4v) is 3.60. The van der Waals surface area contributed by atoms with E-state index < -0.39 is 0 Å². The van der Waals surface area contributed by atoms with Crippen LogP contribution in [0.2, 0.25) is 0 Å². The predicted octanol–water partition coefficient (Wildman–Crippen LogP) is 2.36. The summed E-state index contributed by atoms with van der Waals surface area (Å²) in [6.45, 7) is 9.77. The van der Waals surface area contributed by atoms with E-state index in [1.807, 2.05) is 13.0 Å². The first-order valence-electron chi connectivity index (χ1n) is 8.09. The van der Waals surface area contributed by atoms with Crippen LogP contribution in [0.15, 0.2) is 24.8 Å². The highest BCUT2D eigenvalue weighted by Gasteiger charge is 2.46. The van der Waals surface area contributed by atoms with E-state index in [1.165, 1.54) is 0 Å². The first kappa shape index (κ1) is 15.4. The molecule has 3 rings (SSSR count). The lowest BCUT2D eigenvalue weighted by Crippen LogP contribution is -2.57. The van der Waals surface area contributed by atoms with Crippen molar-refractivity contribution in [2.75, 3.05) is 37.8 Å². The number of piperidine rings is 1. The molecule has 0 bridgehead atoms. The minimum Gasteiger partial charge on any atom is -0.377 e. The summed E-state index contributed by atoms with van der Waals surface area (Å²) in [5.41, 5.74) is 1.01. The molecular weight excluding hydrogens is 278 g/mol. The van der Waals surface area contributed by atoms with Gasteiger partial charge in [-0.15, -0.1) is 11.7 Å². The number of nitrogens with zero attached hydrogens (tertiary/aromatic N) is 3. The average Bonchev–Trinajstić information content (AvgIpc) is 2.55. The summed E-state index contributed by atoms with van der Waals surface area (Å²) >= 11 is 0. The molecule has 5 heteroatoms. The summed E-state index contributed by atoms with van der Waals surface area (Å²) in [7, 11) is 0. The molecule has 2 aliphatic rings. The third-order valence-corrected chi connectivity index (χ3v) is 4.72. The number of fused-ring (bicyclic) bond motifs is 1. The van der Waals surface area contributed by atoms with Crippen molar-refractivity contribution in [1.29, 1.82) is 0 Å². The Bertz CT molecular complexity index is 505. The van der Waals surface area contributed by atoms with E-state index in [2.05, 4.69) is 27.7 Å². The number of ether oxygens (including phenoxy) is 2. The van der Waals surface area contributed by atoms with Crippen LogP contribution in [0.25, 0.3) is 0 Å². The first-order chi connectivity index (χ1) is 10.7. The lowest BCUT2D eigenvalue weighted by Gasteiger charge is -2.50. The normalized spacial score (nSPS) is 28.2. The molecule has 120 valence electrons. The lowest BCUT2D eigenvalue weighted by atomic mass is 9.73. The van der Waals surface area contributed by atoms with Crippen molar-refractivity contribution in [1.82, 2.24) is 10.2 Å². The van der Waals surface area contributed by atoms with Gasteiger partial charge in [0.05, 0.1) is 25.0 Å². The number of rotatable bonds is 5. The molecule has 1 aromatic rings. The van der Waals surface area contributed by atoms with Gasteiger partial charge < -0.3 is 14.4 Å². The molecule has 2 fully saturated rings. The van der Waals surface area contributed by atoms with Gasteiger partial charge in [-0.25, -0.2) is 0 Å². The average molecular weight is 303 g/mol. The zero-order valence-electron chi connectivity index (χ0n) is 13.3. The Morgan fingerprint density at radius 1 is 1.50 bits per heavy atom. The van der Waals surface area contributed by atoms with Crippen LogP contribution in [0.1, 0.15) is 25.0 Å². The van der Waals surface area contributed by atoms with Crippen LogP contribution in [-0.2, 0) is 9.47 Å². The zero-order chi connectivity index (χ0) is 15.4. The molecule has 0 aliphatic carbocycles. The molecule has 2 saturated heterocycles. The highest BCUT2D eigenvalue weighted by Crippen LogP contribution is 2.41. The van der Waals surface area contributed by atoms with E-state index in [-0.39, 0.29) is 5.41 Å². The summed E-state index contributed by atoms with van der Waals surface area (Å²) in [5.74, 6) is 0.956. The Hall–Kier alpha value is -1.46. The second-order valence-electron chi connectivity index (χ2n) is 6.37. The largest absolute Gasteiger partial charge is 0.377 e. The van der Waals surface area contributed by atoms with E-state index in [0.717, 1.165) is 57.1 Å². The van der Waals surface area contributed by atoms with Crippen LogP contribution in [-0.4, -0.2) is 49.2 Å². The highest BCUT2D eigenvalue weighted by molar-refractivity contribution is 5.39. The molecule has 2 aliphatic heterocycles. The Kier molecular flexibility index (Phi) is 4.74. The number of hydrogen-bond acceptors (Lipinski definition) is 5. The van der Waals surface area contributed by atoms with Gasteiger partial charge in [-0.05, 0) is 38.3 Å². The van der Waals surface area contributed by atoms with Crippen LogP contribution in [0.3, 0.4) is 0 Å². The van der Waals surface area contributed by atoms with E-state index in [9.17, 15) is 0 Å². The summed E-state index contributed by atoms with van der Waals surface area (Å²) in [5, 5.41) is 8.53. The van der Waals surface area contributed by atoms with E-state index >= 15 is 0 Å². The van der Waals surface area contributed by atoms with Crippen molar-refractivity contribution in [3.8, 4) is 0 Å². The van der Waals surface area contributed by atoms with Crippen LogP contribution in [0.5, 0.6) is 0 Å². The summed E-state index contributed by atoms with van der Waals surface area (Å²) < 4.78 is 11.9. The Labute approximate surface area is 132 Å². The molecule has 0 N–H and O–H groups in total. The number of anilines is 1. The summed E-state index contributed by atoms with van der Waals surface area (Å²) in [6.07, 6.45) is 5.36. The van der Waals surface area contributed by atoms with E-state index in [1.54, 1.807) is 6.08 Å². The Balaban J connectivity index is 1.76. The molecule has 2 atom stereocenters. The Morgan fingerprint density at radius 2 is 2.41 bits per heavy atom. The maximum Gasteiger partial charge on any atom is 0.151 e. The molecule has 5 nitrogen and oxygen atoms in total. The van der Waals surface area contributed by atoms with Crippen molar-refractivity contribution in [3.05, 3.63) is 30.5 Å². The standard InChI is InChI=1S/C17H25N3O2/c1-3-10-21-13-17-8-4-11-22-15(17)7-9-20(12-17)16-6-5-14(2)18-19-16/h3,5-6,15H,1,4,7-13H2,2H3/t15-,17-/m0/s1. The van der Waals surface area contributed by atoms with Crippen molar-refractivity contribution in [2.45, 2.75) is 32.3 Å². The van der Waals surface area contributed by atoms with Crippen LogP contribution in [0, 0.1) is 12.3 Å². The molecule has 0 aromatic carbocycles. The molecule has 22 heavy (non-hydrogen) atoms. The van der Waals surface area contributed by atoms with Crippen molar-refractivity contribution in [3.63, 3.8) is 0 Å². The van der Waals surface area contributed by atoms with Crippen molar-refractivity contribution in [2.24, 2.45) is 5.41 Å². The Morgan fingerprint density at radius 3 is 3.18 bits per heavy atom. The van der Waals surface area contributed by atoms with Crippen molar-refractivity contribution < 1.29 is 9.47 Å².